The van der Waals surface area contributed by atoms with Crippen molar-refractivity contribution in [1.82, 2.24) is 16.0 Å². The van der Waals surface area contributed by atoms with Crippen molar-refractivity contribution in [1.29, 1.82) is 0 Å². The Hall–Kier alpha value is -3.22. The second-order valence-corrected chi connectivity index (χ2v) is 9.42. The molecule has 37 heavy (non-hydrogen) atoms. The predicted molar refractivity (Wildman–Crippen MR) is 142 cm³/mol. The van der Waals surface area contributed by atoms with E-state index in [1.165, 1.54) is 0 Å². The summed E-state index contributed by atoms with van der Waals surface area (Å²) < 4.78 is 0. The van der Waals surface area contributed by atoms with Crippen LogP contribution < -0.4 is 38.5 Å². The molecule has 11 N–H and O–H groups in total. The summed E-state index contributed by atoms with van der Waals surface area (Å²) in [4.78, 5) is 49.9. The first kappa shape index (κ1) is 31.8. The summed E-state index contributed by atoms with van der Waals surface area (Å²) in [5.74, 6) is -1.32. The largest absolute Gasteiger partial charge is 0.392 e. The van der Waals surface area contributed by atoms with E-state index < -0.39 is 41.9 Å². The Labute approximate surface area is 218 Å². The normalized spacial score (nSPS) is 13.4. The molecule has 0 aliphatic carbocycles. The fourth-order valence-corrected chi connectivity index (χ4v) is 3.60. The summed E-state index contributed by atoms with van der Waals surface area (Å²) >= 11 is 0. The van der Waals surface area contributed by atoms with Gasteiger partial charge < -0.3 is 43.6 Å². The first-order chi connectivity index (χ1) is 17.6. The van der Waals surface area contributed by atoms with Crippen LogP contribution in [0.1, 0.15) is 57.9 Å². The van der Waals surface area contributed by atoms with Crippen LogP contribution in [0.2, 0.25) is 0 Å². The van der Waals surface area contributed by atoms with Crippen LogP contribution in [0.3, 0.4) is 0 Å². The summed E-state index contributed by atoms with van der Waals surface area (Å²) in [6, 6.07) is 3.36. The maximum atomic E-state index is 13.2. The van der Waals surface area contributed by atoms with Gasteiger partial charge in [0.1, 0.15) is 12.1 Å². The molecule has 0 unspecified atom stereocenters. The third-order valence-electron chi connectivity index (χ3n) is 5.65. The maximum absolute atomic E-state index is 13.2. The van der Waals surface area contributed by atoms with Crippen molar-refractivity contribution < 1.29 is 24.3 Å². The average molecular weight is 522 g/mol. The molecule has 0 aliphatic heterocycles. The summed E-state index contributed by atoms with van der Waals surface area (Å²) in [6.07, 6.45) is 2.85. The number of aliphatic hydroxyl groups excluding tert-OH is 1. The highest BCUT2D eigenvalue weighted by atomic mass is 16.3. The lowest BCUT2D eigenvalue weighted by Gasteiger charge is -2.25. The van der Waals surface area contributed by atoms with Crippen molar-refractivity contribution in [2.45, 2.75) is 77.1 Å². The van der Waals surface area contributed by atoms with E-state index in [2.05, 4.69) is 21.3 Å². The van der Waals surface area contributed by atoms with Gasteiger partial charge in [0.15, 0.2) is 0 Å². The van der Waals surface area contributed by atoms with Crippen molar-refractivity contribution in [2.75, 3.05) is 18.4 Å². The molecule has 12 nitrogen and oxygen atoms in total. The number of nitrogens with one attached hydrogen (secondary N) is 4. The summed E-state index contributed by atoms with van der Waals surface area (Å²) in [6.45, 7) is 4.45. The number of anilines is 1. The van der Waals surface area contributed by atoms with Crippen LogP contribution in [0.5, 0.6) is 0 Å². The van der Waals surface area contributed by atoms with Gasteiger partial charge in [0.05, 0.1) is 12.6 Å². The highest BCUT2D eigenvalue weighted by Crippen LogP contribution is 2.12. The van der Waals surface area contributed by atoms with Gasteiger partial charge in [-0.3, -0.25) is 14.4 Å². The lowest BCUT2D eigenvalue weighted by atomic mass is 10.0. The number of amides is 5. The Morgan fingerprint density at radius 2 is 1.54 bits per heavy atom. The number of rotatable bonds is 17. The molecule has 12 heteroatoms. The molecule has 0 radical (unpaired) electrons. The Morgan fingerprint density at radius 1 is 0.892 bits per heavy atom. The SMILES string of the molecule is CC(C)C[C@H](NC(=O)[C@@H](N)CCCCN)C(=O)N[C@@H](CCCNC(N)=O)C(=O)Nc1ccc(CO)cc1. The highest BCUT2D eigenvalue weighted by Gasteiger charge is 2.28. The zero-order valence-electron chi connectivity index (χ0n) is 21.8. The lowest BCUT2D eigenvalue weighted by Crippen LogP contribution is -2.55. The molecule has 1 aromatic rings. The van der Waals surface area contributed by atoms with Crippen molar-refractivity contribution in [3.05, 3.63) is 29.8 Å². The van der Waals surface area contributed by atoms with Crippen molar-refractivity contribution in [3.63, 3.8) is 0 Å². The highest BCUT2D eigenvalue weighted by molar-refractivity contribution is 5.98. The summed E-state index contributed by atoms with van der Waals surface area (Å²) in [5.41, 5.74) is 17.8. The second kappa shape index (κ2) is 17.3. The minimum absolute atomic E-state index is 0.0848. The van der Waals surface area contributed by atoms with E-state index in [4.69, 9.17) is 17.2 Å². The van der Waals surface area contributed by atoms with Crippen LogP contribution in [0, 0.1) is 5.92 Å². The molecule has 208 valence electrons. The molecular formula is C25H43N7O5. The monoisotopic (exact) mass is 521 g/mol. The van der Waals surface area contributed by atoms with Gasteiger partial charge in [-0.05, 0) is 62.3 Å². The van der Waals surface area contributed by atoms with Gasteiger partial charge in [-0.25, -0.2) is 4.79 Å². The number of aliphatic hydroxyl groups is 1. The van der Waals surface area contributed by atoms with Gasteiger partial charge in [0.2, 0.25) is 17.7 Å². The second-order valence-electron chi connectivity index (χ2n) is 9.42. The summed E-state index contributed by atoms with van der Waals surface area (Å²) in [7, 11) is 0. The number of nitrogens with two attached hydrogens (primary N) is 3. The van der Waals surface area contributed by atoms with Crippen molar-refractivity contribution in [3.8, 4) is 0 Å². The van der Waals surface area contributed by atoms with E-state index in [-0.39, 0.29) is 25.5 Å². The van der Waals surface area contributed by atoms with Crippen molar-refractivity contribution >= 4 is 29.4 Å². The molecule has 0 spiro atoms. The van der Waals surface area contributed by atoms with E-state index in [0.29, 0.717) is 43.5 Å². The van der Waals surface area contributed by atoms with Crippen LogP contribution in [0.25, 0.3) is 0 Å². The third kappa shape index (κ3) is 13.1. The zero-order valence-corrected chi connectivity index (χ0v) is 21.8. The number of carbonyl (C=O) groups excluding carboxylic acids is 4. The van der Waals surface area contributed by atoms with E-state index in [1.807, 2.05) is 13.8 Å². The fourth-order valence-electron chi connectivity index (χ4n) is 3.60. The smallest absolute Gasteiger partial charge is 0.312 e. The number of urea groups is 1. The maximum Gasteiger partial charge on any atom is 0.312 e. The van der Waals surface area contributed by atoms with Crippen LogP contribution in [-0.4, -0.2) is 60.1 Å². The van der Waals surface area contributed by atoms with Crippen LogP contribution in [-0.2, 0) is 21.0 Å². The average Bonchev–Trinajstić information content (AvgIpc) is 2.85. The summed E-state index contributed by atoms with van der Waals surface area (Å²) in [5, 5.41) is 19.9. The first-order valence-corrected chi connectivity index (χ1v) is 12.7. The third-order valence-corrected chi connectivity index (χ3v) is 5.65. The minimum Gasteiger partial charge on any atom is -0.392 e. The Kier molecular flexibility index (Phi) is 14.8. The molecule has 5 amide bonds. The van der Waals surface area contributed by atoms with Gasteiger partial charge in [-0.2, -0.15) is 0 Å². The number of unbranched alkanes of at least 4 members (excludes halogenated alkanes) is 1. The first-order valence-electron chi connectivity index (χ1n) is 12.7. The number of carbonyl (C=O) groups is 4. The van der Waals surface area contributed by atoms with E-state index >= 15 is 0 Å². The van der Waals surface area contributed by atoms with Crippen LogP contribution in [0.4, 0.5) is 10.5 Å². The van der Waals surface area contributed by atoms with Gasteiger partial charge in [-0.15, -0.1) is 0 Å². The molecule has 0 aromatic heterocycles. The Bertz CT molecular complexity index is 863. The Balaban J connectivity index is 2.93. The lowest BCUT2D eigenvalue weighted by molar-refractivity contribution is -0.131. The molecule has 1 rings (SSSR count). The predicted octanol–water partition coefficient (Wildman–Crippen LogP) is 0.0379. The molecule has 0 heterocycles. The molecule has 0 saturated carbocycles. The molecule has 0 fully saturated rings. The van der Waals surface area contributed by atoms with Crippen LogP contribution >= 0.6 is 0 Å². The zero-order chi connectivity index (χ0) is 27.8. The van der Waals surface area contributed by atoms with Gasteiger partial charge in [0.25, 0.3) is 0 Å². The molecular weight excluding hydrogens is 478 g/mol. The molecule has 3 atom stereocenters. The number of hydrogen-bond donors (Lipinski definition) is 8. The minimum atomic E-state index is -0.940. The van der Waals surface area contributed by atoms with E-state index in [1.54, 1.807) is 24.3 Å². The quantitative estimate of drug-likeness (QED) is 0.132. The van der Waals surface area contributed by atoms with Crippen LogP contribution in [0.15, 0.2) is 24.3 Å². The fraction of sp³-hybridized carbons (Fsp3) is 0.600. The molecule has 0 saturated heterocycles. The standard InChI is InChI=1S/C25H43N7O5/c1-16(2)14-21(32-22(34)19(27)6-3-4-12-26)24(36)31-20(7-5-13-29-25(28)37)23(35)30-18-10-8-17(15-33)9-11-18/h8-11,16,19-21,33H,3-7,12-15,26-27H2,1-2H3,(H,30,35)(H,31,36)(H,32,34)(H3,28,29,37)/t19-,20-,21-/m0/s1. The molecule has 0 aliphatic rings. The molecule has 1 aromatic carbocycles. The van der Waals surface area contributed by atoms with Crippen molar-refractivity contribution in [2.24, 2.45) is 23.1 Å². The van der Waals surface area contributed by atoms with E-state index in [9.17, 15) is 24.3 Å². The molecule has 0 bridgehead atoms. The number of primary amides is 1. The topological polar surface area (TPSA) is 215 Å². The van der Waals surface area contributed by atoms with Gasteiger partial charge >= 0.3 is 6.03 Å². The van der Waals surface area contributed by atoms with Gasteiger partial charge in [-0.1, -0.05) is 32.4 Å². The van der Waals surface area contributed by atoms with Gasteiger partial charge in [0, 0.05) is 12.2 Å². The number of hydrogen-bond acceptors (Lipinski definition) is 7. The van der Waals surface area contributed by atoms with E-state index in [0.717, 1.165) is 6.42 Å². The number of benzene rings is 1. The Morgan fingerprint density at radius 3 is 2.11 bits per heavy atom.